The van der Waals surface area contributed by atoms with E-state index in [9.17, 15) is 4.79 Å². The van der Waals surface area contributed by atoms with E-state index in [0.717, 1.165) is 16.0 Å². The number of thiophene rings is 1. The summed E-state index contributed by atoms with van der Waals surface area (Å²) in [5.41, 5.74) is 8.54. The lowest BCUT2D eigenvalue weighted by Crippen LogP contribution is -2.23. The third-order valence-corrected chi connectivity index (χ3v) is 3.97. The van der Waals surface area contributed by atoms with E-state index in [1.54, 1.807) is 0 Å². The Kier molecular flexibility index (Phi) is 3.67. The molecule has 0 aliphatic carbocycles. The lowest BCUT2D eigenvalue weighted by atomic mass is 10.1. The fraction of sp³-hybridized carbons (Fsp3) is 0.214. The Hall–Kier alpha value is -1.81. The van der Waals surface area contributed by atoms with E-state index in [1.165, 1.54) is 11.3 Å². The number of carbonyl (C=O) groups is 1. The maximum atomic E-state index is 12.1. The minimum atomic E-state index is -0.0989. The molecule has 0 atom stereocenters. The van der Waals surface area contributed by atoms with Crippen molar-refractivity contribution in [2.24, 2.45) is 0 Å². The van der Waals surface area contributed by atoms with E-state index in [-0.39, 0.29) is 5.91 Å². The Morgan fingerprint density at radius 2 is 1.94 bits per heavy atom. The lowest BCUT2D eigenvalue weighted by molar-refractivity contribution is 0.0951. The summed E-state index contributed by atoms with van der Waals surface area (Å²) in [5.74, 6) is -0.0989. The minimum absolute atomic E-state index is 0.0989. The Morgan fingerprint density at radius 1 is 1.28 bits per heavy atom. The van der Waals surface area contributed by atoms with Crippen LogP contribution in [-0.4, -0.2) is 5.91 Å². The highest BCUT2D eigenvalue weighted by Gasteiger charge is 2.17. The van der Waals surface area contributed by atoms with Gasteiger partial charge in [0.15, 0.2) is 0 Å². The van der Waals surface area contributed by atoms with Crippen molar-refractivity contribution in [1.82, 2.24) is 5.32 Å². The first kappa shape index (κ1) is 12.6. The zero-order valence-corrected chi connectivity index (χ0v) is 11.3. The van der Waals surface area contributed by atoms with Crippen LogP contribution in [0.25, 0.3) is 0 Å². The van der Waals surface area contributed by atoms with E-state index in [4.69, 9.17) is 5.73 Å². The van der Waals surface area contributed by atoms with Crippen molar-refractivity contribution in [3.8, 4) is 0 Å². The normalized spacial score (nSPS) is 10.3. The molecule has 4 heteroatoms. The SMILES string of the molecule is Cc1sc(N)c(C(=O)NCc2ccccc2)c1C. The van der Waals surface area contributed by atoms with Crippen molar-refractivity contribution in [2.75, 3.05) is 5.73 Å². The van der Waals surface area contributed by atoms with Crippen LogP contribution in [0.15, 0.2) is 30.3 Å². The van der Waals surface area contributed by atoms with E-state index in [0.29, 0.717) is 17.1 Å². The fourth-order valence-electron chi connectivity index (χ4n) is 1.80. The molecular formula is C14H16N2OS. The van der Waals surface area contributed by atoms with Crippen LogP contribution in [-0.2, 0) is 6.54 Å². The zero-order chi connectivity index (χ0) is 13.1. The Labute approximate surface area is 111 Å². The van der Waals surface area contributed by atoms with Crippen LogP contribution in [0.4, 0.5) is 5.00 Å². The molecule has 2 aromatic rings. The molecular weight excluding hydrogens is 244 g/mol. The van der Waals surface area contributed by atoms with Gasteiger partial charge in [-0.15, -0.1) is 11.3 Å². The van der Waals surface area contributed by atoms with Gasteiger partial charge in [0.25, 0.3) is 5.91 Å². The molecule has 0 spiro atoms. The van der Waals surface area contributed by atoms with Gasteiger partial charge in [-0.05, 0) is 25.0 Å². The van der Waals surface area contributed by atoms with Gasteiger partial charge >= 0.3 is 0 Å². The van der Waals surface area contributed by atoms with E-state index in [1.807, 2.05) is 44.2 Å². The molecule has 0 saturated heterocycles. The molecule has 0 saturated carbocycles. The van der Waals surface area contributed by atoms with Gasteiger partial charge in [-0.1, -0.05) is 30.3 Å². The average Bonchev–Trinajstić information content (AvgIpc) is 2.62. The summed E-state index contributed by atoms with van der Waals surface area (Å²) in [6.07, 6.45) is 0. The van der Waals surface area contributed by atoms with Gasteiger partial charge in [0, 0.05) is 11.4 Å². The number of nitrogens with two attached hydrogens (primary N) is 1. The molecule has 3 nitrogen and oxygen atoms in total. The molecule has 2 rings (SSSR count). The van der Waals surface area contributed by atoms with Crippen LogP contribution < -0.4 is 11.1 Å². The number of nitrogens with one attached hydrogen (secondary N) is 1. The molecule has 0 aliphatic rings. The first-order valence-corrected chi connectivity index (χ1v) is 6.59. The highest BCUT2D eigenvalue weighted by atomic mass is 32.1. The smallest absolute Gasteiger partial charge is 0.254 e. The molecule has 1 heterocycles. The maximum absolute atomic E-state index is 12.1. The second-order valence-electron chi connectivity index (χ2n) is 4.19. The second kappa shape index (κ2) is 5.23. The number of benzene rings is 1. The Bertz CT molecular complexity index is 561. The fourth-order valence-corrected chi connectivity index (χ4v) is 2.74. The summed E-state index contributed by atoms with van der Waals surface area (Å²) in [4.78, 5) is 13.2. The summed E-state index contributed by atoms with van der Waals surface area (Å²) in [6.45, 7) is 4.43. The highest BCUT2D eigenvalue weighted by molar-refractivity contribution is 7.16. The van der Waals surface area contributed by atoms with Crippen molar-refractivity contribution in [3.63, 3.8) is 0 Å². The van der Waals surface area contributed by atoms with Crippen LogP contribution >= 0.6 is 11.3 Å². The number of carbonyl (C=O) groups excluding carboxylic acids is 1. The number of anilines is 1. The third-order valence-electron chi connectivity index (χ3n) is 2.94. The van der Waals surface area contributed by atoms with Crippen molar-refractivity contribution >= 4 is 22.2 Å². The molecule has 0 fully saturated rings. The average molecular weight is 260 g/mol. The predicted octanol–water partition coefficient (Wildman–Crippen LogP) is 2.88. The molecule has 0 radical (unpaired) electrons. The van der Waals surface area contributed by atoms with Crippen molar-refractivity contribution < 1.29 is 4.79 Å². The van der Waals surface area contributed by atoms with Crippen molar-refractivity contribution in [3.05, 3.63) is 51.9 Å². The van der Waals surface area contributed by atoms with Crippen LogP contribution in [0.1, 0.15) is 26.4 Å². The standard InChI is InChI=1S/C14H16N2OS/c1-9-10(2)18-13(15)12(9)14(17)16-8-11-6-4-3-5-7-11/h3-7H,8,15H2,1-2H3,(H,16,17). The van der Waals surface area contributed by atoms with E-state index >= 15 is 0 Å². The number of hydrogen-bond acceptors (Lipinski definition) is 3. The monoisotopic (exact) mass is 260 g/mol. The summed E-state index contributed by atoms with van der Waals surface area (Å²) in [5, 5.41) is 3.49. The Balaban J connectivity index is 2.09. The Morgan fingerprint density at radius 3 is 2.50 bits per heavy atom. The summed E-state index contributed by atoms with van der Waals surface area (Å²) < 4.78 is 0. The van der Waals surface area contributed by atoms with Crippen LogP contribution in [0.2, 0.25) is 0 Å². The summed E-state index contributed by atoms with van der Waals surface area (Å²) in [6, 6.07) is 9.83. The van der Waals surface area contributed by atoms with Gasteiger partial charge in [-0.2, -0.15) is 0 Å². The van der Waals surface area contributed by atoms with Gasteiger partial charge in [-0.3, -0.25) is 4.79 Å². The lowest BCUT2D eigenvalue weighted by Gasteiger charge is -2.06. The molecule has 1 amide bonds. The summed E-state index contributed by atoms with van der Waals surface area (Å²) >= 11 is 1.46. The molecule has 1 aromatic carbocycles. The molecule has 0 unspecified atom stereocenters. The van der Waals surface area contributed by atoms with Gasteiger partial charge < -0.3 is 11.1 Å². The molecule has 1 aromatic heterocycles. The maximum Gasteiger partial charge on any atom is 0.254 e. The number of nitrogen functional groups attached to an aromatic ring is 1. The number of hydrogen-bond donors (Lipinski definition) is 2. The van der Waals surface area contributed by atoms with Crippen molar-refractivity contribution in [2.45, 2.75) is 20.4 Å². The quantitative estimate of drug-likeness (QED) is 0.891. The van der Waals surface area contributed by atoms with Crippen LogP contribution in [0, 0.1) is 13.8 Å². The van der Waals surface area contributed by atoms with Gasteiger partial charge in [0.2, 0.25) is 0 Å². The van der Waals surface area contributed by atoms with Crippen LogP contribution in [0.5, 0.6) is 0 Å². The molecule has 18 heavy (non-hydrogen) atoms. The van der Waals surface area contributed by atoms with E-state index < -0.39 is 0 Å². The number of aryl methyl sites for hydroxylation is 1. The summed E-state index contributed by atoms with van der Waals surface area (Å²) in [7, 11) is 0. The van der Waals surface area contributed by atoms with Gasteiger partial charge in [0.05, 0.1) is 10.6 Å². The third kappa shape index (κ3) is 2.54. The highest BCUT2D eigenvalue weighted by Crippen LogP contribution is 2.29. The minimum Gasteiger partial charge on any atom is -0.390 e. The van der Waals surface area contributed by atoms with Crippen molar-refractivity contribution in [1.29, 1.82) is 0 Å². The second-order valence-corrected chi connectivity index (χ2v) is 5.45. The topological polar surface area (TPSA) is 55.1 Å². The predicted molar refractivity (Wildman–Crippen MR) is 75.8 cm³/mol. The first-order valence-electron chi connectivity index (χ1n) is 5.77. The molecule has 94 valence electrons. The largest absolute Gasteiger partial charge is 0.390 e. The van der Waals surface area contributed by atoms with Crippen LogP contribution in [0.3, 0.4) is 0 Å². The molecule has 0 bridgehead atoms. The van der Waals surface area contributed by atoms with Gasteiger partial charge in [0.1, 0.15) is 0 Å². The molecule has 3 N–H and O–H groups in total. The van der Waals surface area contributed by atoms with Gasteiger partial charge in [-0.25, -0.2) is 0 Å². The molecule has 0 aliphatic heterocycles. The number of amides is 1. The van der Waals surface area contributed by atoms with E-state index in [2.05, 4.69) is 5.32 Å². The zero-order valence-electron chi connectivity index (χ0n) is 10.5. The first-order chi connectivity index (χ1) is 8.59. The number of rotatable bonds is 3.